The van der Waals surface area contributed by atoms with Crippen molar-refractivity contribution in [1.29, 1.82) is 0 Å². The number of ether oxygens (including phenoxy) is 2. The molecule has 1 N–H and O–H groups in total. The van der Waals surface area contributed by atoms with Gasteiger partial charge in [-0.15, -0.1) is 0 Å². The number of hydrogen-bond acceptors (Lipinski definition) is 5. The second kappa shape index (κ2) is 10.2. The van der Waals surface area contributed by atoms with Gasteiger partial charge < -0.3 is 24.3 Å². The lowest BCUT2D eigenvalue weighted by Crippen LogP contribution is -2.44. The Balaban J connectivity index is 1.64. The Labute approximate surface area is 215 Å². The molecule has 0 radical (unpaired) electrons. The van der Waals surface area contributed by atoms with Crippen LogP contribution in [0.5, 0.6) is 5.75 Å². The van der Waals surface area contributed by atoms with Gasteiger partial charge in [0.2, 0.25) is 0 Å². The molecule has 190 valence electrons. The maximum absolute atomic E-state index is 13.6. The molecule has 0 aliphatic carbocycles. The van der Waals surface area contributed by atoms with Crippen molar-refractivity contribution in [2.75, 3.05) is 20.3 Å². The highest BCUT2D eigenvalue weighted by molar-refractivity contribution is 5.81. The number of para-hydroxylation sites is 1. The Morgan fingerprint density at radius 1 is 1.05 bits per heavy atom. The second-order valence-electron chi connectivity index (χ2n) is 8.71. The van der Waals surface area contributed by atoms with Crippen molar-refractivity contribution < 1.29 is 19.1 Å². The predicted molar refractivity (Wildman–Crippen MR) is 138 cm³/mol. The molecule has 9 nitrogen and oxygen atoms in total. The fourth-order valence-corrected chi connectivity index (χ4v) is 4.75. The number of rotatable bonds is 6. The van der Waals surface area contributed by atoms with Gasteiger partial charge in [0.25, 0.3) is 0 Å². The summed E-state index contributed by atoms with van der Waals surface area (Å²) in [6, 6.07) is 20.8. The van der Waals surface area contributed by atoms with Gasteiger partial charge >= 0.3 is 12.0 Å². The molecular weight excluding hydrogens is 470 g/mol. The number of amides is 2. The molecule has 1 atom stereocenters. The number of aromatic nitrogens is 3. The lowest BCUT2D eigenvalue weighted by molar-refractivity contribution is -0.141. The van der Waals surface area contributed by atoms with Crippen molar-refractivity contribution in [3.63, 3.8) is 0 Å². The molecule has 5 rings (SSSR count). The molecule has 0 bridgehead atoms. The van der Waals surface area contributed by atoms with Crippen molar-refractivity contribution in [2.45, 2.75) is 26.4 Å². The summed E-state index contributed by atoms with van der Waals surface area (Å²) in [6.45, 7) is 4.01. The normalized spacial score (nSPS) is 14.4. The van der Waals surface area contributed by atoms with Crippen LogP contribution >= 0.6 is 0 Å². The quantitative estimate of drug-likeness (QED) is 0.403. The van der Waals surface area contributed by atoms with Gasteiger partial charge in [-0.05, 0) is 55.8 Å². The molecular formula is C28H29N5O4. The molecule has 1 aliphatic rings. The maximum atomic E-state index is 13.6. The zero-order valence-electron chi connectivity index (χ0n) is 21.0. The van der Waals surface area contributed by atoms with E-state index in [1.54, 1.807) is 18.9 Å². The maximum Gasteiger partial charge on any atom is 0.325 e. The third-order valence-corrected chi connectivity index (χ3v) is 6.47. The molecule has 0 fully saturated rings. The molecule has 2 aromatic heterocycles. The molecule has 37 heavy (non-hydrogen) atoms. The molecule has 3 heterocycles. The summed E-state index contributed by atoms with van der Waals surface area (Å²) in [5.74, 6) is 1.12. The Hall–Kier alpha value is -4.53. The third-order valence-electron chi connectivity index (χ3n) is 6.47. The van der Waals surface area contributed by atoms with Crippen LogP contribution in [0.4, 0.5) is 4.79 Å². The number of carbonyl (C=O) groups excluding carboxylic acids is 2. The van der Waals surface area contributed by atoms with E-state index in [0.29, 0.717) is 6.54 Å². The number of hydrogen-bond donors (Lipinski definition) is 1. The summed E-state index contributed by atoms with van der Waals surface area (Å²) in [7, 11) is 1.62. The molecule has 0 spiro atoms. The minimum absolute atomic E-state index is 0.214. The number of carbonyl (C=O) groups is 2. The van der Waals surface area contributed by atoms with E-state index in [9.17, 15) is 9.59 Å². The van der Waals surface area contributed by atoms with E-state index in [1.807, 2.05) is 84.5 Å². The van der Waals surface area contributed by atoms with E-state index in [4.69, 9.17) is 14.6 Å². The SMILES string of the molecule is CCOC(=O)CNC(=O)N1Cc2c(C)nn(-c3ccccc3)c2-n2cccc2[C@@H]1c1ccc(OC)cc1. The minimum Gasteiger partial charge on any atom is -0.497 e. The average Bonchev–Trinajstić information content (AvgIpc) is 3.48. The second-order valence-corrected chi connectivity index (χ2v) is 8.71. The number of aryl methyl sites for hydroxylation is 1. The van der Waals surface area contributed by atoms with E-state index in [-0.39, 0.29) is 19.2 Å². The number of nitrogens with one attached hydrogen (secondary N) is 1. The smallest absolute Gasteiger partial charge is 0.325 e. The van der Waals surface area contributed by atoms with Crippen LogP contribution in [0.15, 0.2) is 72.9 Å². The van der Waals surface area contributed by atoms with Gasteiger partial charge in [0.15, 0.2) is 0 Å². The van der Waals surface area contributed by atoms with Crippen LogP contribution in [0.2, 0.25) is 0 Å². The summed E-state index contributed by atoms with van der Waals surface area (Å²) in [6.07, 6.45) is 1.99. The van der Waals surface area contributed by atoms with Gasteiger partial charge in [-0.1, -0.05) is 30.3 Å². The Morgan fingerprint density at radius 3 is 2.51 bits per heavy atom. The van der Waals surface area contributed by atoms with Crippen LogP contribution in [0.3, 0.4) is 0 Å². The fraction of sp³-hybridized carbons (Fsp3) is 0.250. The first-order valence-electron chi connectivity index (χ1n) is 12.2. The molecule has 2 aromatic carbocycles. The molecule has 9 heteroatoms. The van der Waals surface area contributed by atoms with Gasteiger partial charge in [0.1, 0.15) is 18.1 Å². The van der Waals surface area contributed by atoms with Crippen molar-refractivity contribution in [3.05, 3.63) is 95.4 Å². The predicted octanol–water partition coefficient (Wildman–Crippen LogP) is 4.16. The molecule has 2 amide bonds. The van der Waals surface area contributed by atoms with Gasteiger partial charge in [0, 0.05) is 11.8 Å². The van der Waals surface area contributed by atoms with Crippen LogP contribution < -0.4 is 10.1 Å². The highest BCUT2D eigenvalue weighted by atomic mass is 16.5. The summed E-state index contributed by atoms with van der Waals surface area (Å²) >= 11 is 0. The lowest BCUT2D eigenvalue weighted by Gasteiger charge is -2.31. The highest BCUT2D eigenvalue weighted by Crippen LogP contribution is 2.38. The zero-order chi connectivity index (χ0) is 25.9. The molecule has 1 aliphatic heterocycles. The number of methoxy groups -OCH3 is 1. The Bertz CT molecular complexity index is 1410. The third kappa shape index (κ3) is 4.55. The van der Waals surface area contributed by atoms with E-state index >= 15 is 0 Å². The van der Waals surface area contributed by atoms with Crippen molar-refractivity contribution in [1.82, 2.24) is 24.6 Å². The van der Waals surface area contributed by atoms with Crippen molar-refractivity contribution in [2.24, 2.45) is 0 Å². The number of urea groups is 1. The number of esters is 1. The van der Waals surface area contributed by atoms with Crippen LogP contribution in [0.25, 0.3) is 11.5 Å². The Kier molecular flexibility index (Phi) is 6.68. The summed E-state index contributed by atoms with van der Waals surface area (Å²) < 4.78 is 14.4. The minimum atomic E-state index is -0.483. The molecule has 0 saturated heterocycles. The lowest BCUT2D eigenvalue weighted by atomic mass is 10.0. The van der Waals surface area contributed by atoms with Crippen molar-refractivity contribution >= 4 is 12.0 Å². The topological polar surface area (TPSA) is 90.6 Å². The average molecular weight is 500 g/mol. The number of fused-ring (bicyclic) bond motifs is 3. The molecule has 0 saturated carbocycles. The van der Waals surface area contributed by atoms with Crippen LogP contribution in [-0.4, -0.2) is 51.5 Å². The van der Waals surface area contributed by atoms with E-state index < -0.39 is 12.0 Å². The van der Waals surface area contributed by atoms with Crippen LogP contribution in [0, 0.1) is 6.92 Å². The standard InChI is InChI=1S/C28H29N5O4/c1-4-37-25(34)17-29-28(35)32-18-23-19(2)30-33(21-9-6-5-7-10-21)27(23)31-16-8-11-24(31)26(32)20-12-14-22(36-3)15-13-20/h5-16,26H,4,17-18H2,1-3H3,(H,29,35)/t26-/m0/s1. The van der Waals surface area contributed by atoms with Crippen LogP contribution in [-0.2, 0) is 16.1 Å². The summed E-state index contributed by atoms with van der Waals surface area (Å²) in [5, 5.41) is 7.59. The van der Waals surface area contributed by atoms with E-state index in [2.05, 4.69) is 9.88 Å². The van der Waals surface area contributed by atoms with Crippen LogP contribution in [0.1, 0.15) is 35.5 Å². The monoisotopic (exact) mass is 499 g/mol. The van der Waals surface area contributed by atoms with E-state index in [0.717, 1.165) is 39.8 Å². The largest absolute Gasteiger partial charge is 0.497 e. The molecule has 0 unspecified atom stereocenters. The zero-order valence-corrected chi connectivity index (χ0v) is 21.0. The summed E-state index contributed by atoms with van der Waals surface area (Å²) in [4.78, 5) is 27.4. The van der Waals surface area contributed by atoms with Crippen molar-refractivity contribution in [3.8, 4) is 17.3 Å². The van der Waals surface area contributed by atoms with Gasteiger partial charge in [-0.2, -0.15) is 5.10 Å². The first kappa shape index (κ1) is 24.2. The van der Waals surface area contributed by atoms with Gasteiger partial charge in [0.05, 0.1) is 43.4 Å². The fourth-order valence-electron chi connectivity index (χ4n) is 4.75. The number of nitrogens with zero attached hydrogens (tertiary/aromatic N) is 4. The first-order valence-corrected chi connectivity index (χ1v) is 12.2. The van der Waals surface area contributed by atoms with E-state index in [1.165, 1.54) is 0 Å². The van der Waals surface area contributed by atoms with Gasteiger partial charge in [-0.25, -0.2) is 9.48 Å². The Morgan fingerprint density at radius 2 is 1.81 bits per heavy atom. The molecule has 4 aromatic rings. The highest BCUT2D eigenvalue weighted by Gasteiger charge is 2.36. The summed E-state index contributed by atoms with van der Waals surface area (Å²) in [5.41, 5.74) is 4.47. The van der Waals surface area contributed by atoms with Gasteiger partial charge in [-0.3, -0.25) is 4.79 Å². The number of benzene rings is 2. The first-order chi connectivity index (χ1) is 18.0.